The summed E-state index contributed by atoms with van der Waals surface area (Å²) in [7, 11) is 1.45. The Balaban J connectivity index is 2.56. The Labute approximate surface area is 103 Å². The number of nitrogens with zero attached hydrogens (tertiary/aromatic N) is 1. The van der Waals surface area contributed by atoms with E-state index in [1.807, 2.05) is 18.3 Å². The van der Waals surface area contributed by atoms with Crippen LogP contribution in [-0.4, -0.2) is 23.6 Å². The second-order valence-corrected chi connectivity index (χ2v) is 4.59. The Morgan fingerprint density at radius 2 is 2.06 bits per heavy atom. The van der Waals surface area contributed by atoms with Gasteiger partial charge >= 0.3 is 0 Å². The molecule has 0 spiro atoms. The van der Waals surface area contributed by atoms with Gasteiger partial charge in [0.2, 0.25) is 6.41 Å². The van der Waals surface area contributed by atoms with Crippen molar-refractivity contribution in [3.05, 3.63) is 29.6 Å². The van der Waals surface area contributed by atoms with Gasteiger partial charge in [0.05, 0.1) is 0 Å². The second kappa shape index (κ2) is 6.69. The maximum absolute atomic E-state index is 9.18. The zero-order valence-electron chi connectivity index (χ0n) is 11.0. The third kappa shape index (κ3) is 4.42. The highest BCUT2D eigenvalue weighted by Gasteiger charge is 2.11. The third-order valence-electron chi connectivity index (χ3n) is 3.02. The van der Waals surface area contributed by atoms with Gasteiger partial charge in [-0.25, -0.2) is 0 Å². The molecule has 0 radical (unpaired) electrons. The van der Waals surface area contributed by atoms with Crippen molar-refractivity contribution in [1.82, 2.24) is 10.3 Å². The minimum atomic E-state index is -0.927. The molecule has 0 aromatic carbocycles. The van der Waals surface area contributed by atoms with Crippen molar-refractivity contribution < 1.29 is 9.84 Å². The molecule has 4 nitrogen and oxygen atoms in total. The molecule has 0 bridgehead atoms. The van der Waals surface area contributed by atoms with Crippen molar-refractivity contribution >= 4 is 0 Å². The summed E-state index contributed by atoms with van der Waals surface area (Å²) in [5.74, 6) is 1.04. The van der Waals surface area contributed by atoms with E-state index in [1.54, 1.807) is 0 Å². The number of ether oxygens (including phenoxy) is 1. The summed E-state index contributed by atoms with van der Waals surface area (Å²) in [6.07, 6.45) is 0.910. The normalized spacial score (nSPS) is 14.9. The maximum Gasteiger partial charge on any atom is 0.213 e. The molecule has 0 aliphatic carbocycles. The highest BCUT2D eigenvalue weighted by Crippen LogP contribution is 2.21. The van der Waals surface area contributed by atoms with Crippen LogP contribution in [0.5, 0.6) is 0 Å². The number of pyridine rings is 1. The Bertz CT molecular complexity index is 325. The van der Waals surface area contributed by atoms with Crippen molar-refractivity contribution in [2.45, 2.75) is 39.6 Å². The minimum absolute atomic E-state index is 0.460. The molecule has 2 atom stereocenters. The van der Waals surface area contributed by atoms with Gasteiger partial charge in [-0.1, -0.05) is 26.8 Å². The first-order valence-electron chi connectivity index (χ1n) is 5.93. The predicted octanol–water partition coefficient (Wildman–Crippen LogP) is 1.85. The van der Waals surface area contributed by atoms with Gasteiger partial charge in [0.25, 0.3) is 0 Å². The van der Waals surface area contributed by atoms with E-state index in [4.69, 9.17) is 0 Å². The van der Waals surface area contributed by atoms with Gasteiger partial charge in [0.15, 0.2) is 0 Å². The van der Waals surface area contributed by atoms with Crippen LogP contribution in [0.25, 0.3) is 0 Å². The van der Waals surface area contributed by atoms with Crippen molar-refractivity contribution in [3.63, 3.8) is 0 Å². The Morgan fingerprint density at radius 3 is 2.53 bits per heavy atom. The molecule has 0 fully saturated rings. The van der Waals surface area contributed by atoms with E-state index >= 15 is 0 Å². The minimum Gasteiger partial charge on any atom is -0.356 e. The fraction of sp³-hybridized carbons (Fsp3) is 0.615. The highest BCUT2D eigenvalue weighted by molar-refractivity contribution is 5.16. The smallest absolute Gasteiger partial charge is 0.213 e. The highest BCUT2D eigenvalue weighted by atomic mass is 16.6. The first-order chi connectivity index (χ1) is 8.04. The van der Waals surface area contributed by atoms with E-state index < -0.39 is 6.41 Å². The van der Waals surface area contributed by atoms with E-state index in [9.17, 15) is 5.11 Å². The van der Waals surface area contributed by atoms with Crippen LogP contribution < -0.4 is 5.32 Å². The van der Waals surface area contributed by atoms with Crippen LogP contribution in [0, 0.1) is 5.92 Å². The number of aromatic nitrogens is 1. The van der Waals surface area contributed by atoms with Gasteiger partial charge in [-0.05, 0) is 17.5 Å². The summed E-state index contributed by atoms with van der Waals surface area (Å²) < 4.78 is 4.69. The molecule has 4 heteroatoms. The number of methoxy groups -OCH3 is 1. The molecular formula is C13H22N2O2. The fourth-order valence-electron chi connectivity index (χ4n) is 1.44. The molecular weight excluding hydrogens is 216 g/mol. The molecule has 1 heterocycles. The molecule has 0 aliphatic rings. The van der Waals surface area contributed by atoms with Gasteiger partial charge in [-0.3, -0.25) is 10.3 Å². The number of aliphatic hydroxyl groups is 1. The Morgan fingerprint density at radius 1 is 1.35 bits per heavy atom. The largest absolute Gasteiger partial charge is 0.356 e. The van der Waals surface area contributed by atoms with Crippen LogP contribution in [-0.2, 0) is 11.3 Å². The molecule has 0 saturated heterocycles. The van der Waals surface area contributed by atoms with Crippen LogP contribution in [0.1, 0.15) is 37.9 Å². The second-order valence-electron chi connectivity index (χ2n) is 4.59. The number of aliphatic hydroxyl groups excluding tert-OH is 1. The summed E-state index contributed by atoms with van der Waals surface area (Å²) in [4.78, 5) is 4.44. The van der Waals surface area contributed by atoms with Crippen LogP contribution in [0.15, 0.2) is 18.3 Å². The third-order valence-corrected chi connectivity index (χ3v) is 3.02. The Hall–Kier alpha value is -0.970. The van der Waals surface area contributed by atoms with E-state index in [1.165, 1.54) is 7.11 Å². The fourth-order valence-corrected chi connectivity index (χ4v) is 1.44. The zero-order valence-corrected chi connectivity index (χ0v) is 11.0. The summed E-state index contributed by atoms with van der Waals surface area (Å²) in [6, 6.07) is 4.07. The van der Waals surface area contributed by atoms with E-state index in [0.717, 1.165) is 11.3 Å². The first-order valence-corrected chi connectivity index (χ1v) is 5.93. The van der Waals surface area contributed by atoms with Gasteiger partial charge in [-0.15, -0.1) is 0 Å². The maximum atomic E-state index is 9.18. The van der Waals surface area contributed by atoms with Crippen LogP contribution in [0.2, 0.25) is 0 Å². The molecule has 1 aromatic rings. The van der Waals surface area contributed by atoms with Crippen LogP contribution >= 0.6 is 0 Å². The summed E-state index contributed by atoms with van der Waals surface area (Å²) in [6.45, 7) is 7.10. The van der Waals surface area contributed by atoms with Gasteiger partial charge in [0.1, 0.15) is 0 Å². The topological polar surface area (TPSA) is 54.4 Å². The lowest BCUT2D eigenvalue weighted by molar-refractivity contribution is -0.0978. The molecule has 17 heavy (non-hydrogen) atoms. The van der Waals surface area contributed by atoms with Gasteiger partial charge in [0, 0.05) is 31.5 Å². The summed E-state index contributed by atoms with van der Waals surface area (Å²) in [5.41, 5.74) is 2.14. The zero-order chi connectivity index (χ0) is 12.8. The predicted molar refractivity (Wildman–Crippen MR) is 67.3 cm³/mol. The molecule has 96 valence electrons. The number of hydrogen-bond acceptors (Lipinski definition) is 4. The average molecular weight is 238 g/mol. The van der Waals surface area contributed by atoms with Crippen LogP contribution in [0.3, 0.4) is 0 Å². The number of rotatable bonds is 6. The summed E-state index contributed by atoms with van der Waals surface area (Å²) >= 11 is 0. The SMILES string of the molecule is COC(O)NCc1ccc(C(C)C(C)C)nc1. The van der Waals surface area contributed by atoms with Gasteiger partial charge < -0.3 is 9.84 Å². The van der Waals surface area contributed by atoms with Crippen molar-refractivity contribution in [2.75, 3.05) is 7.11 Å². The molecule has 0 aliphatic heterocycles. The lowest BCUT2D eigenvalue weighted by Crippen LogP contribution is -2.29. The summed E-state index contributed by atoms with van der Waals surface area (Å²) in [5, 5.41) is 12.0. The van der Waals surface area contributed by atoms with E-state index in [-0.39, 0.29) is 0 Å². The molecule has 0 saturated carbocycles. The Kier molecular flexibility index (Phi) is 5.55. The lowest BCUT2D eigenvalue weighted by Gasteiger charge is -2.15. The van der Waals surface area contributed by atoms with Crippen molar-refractivity contribution in [1.29, 1.82) is 0 Å². The molecule has 2 unspecified atom stereocenters. The quantitative estimate of drug-likeness (QED) is 0.743. The van der Waals surface area contributed by atoms with E-state index in [0.29, 0.717) is 18.4 Å². The average Bonchev–Trinajstić information content (AvgIpc) is 2.35. The van der Waals surface area contributed by atoms with Crippen molar-refractivity contribution in [2.24, 2.45) is 5.92 Å². The standard InChI is InChI=1S/C13H22N2O2/c1-9(2)10(3)12-6-5-11(7-14-12)8-15-13(16)17-4/h5-7,9-10,13,15-16H,8H2,1-4H3. The first kappa shape index (κ1) is 14.1. The monoisotopic (exact) mass is 238 g/mol. The van der Waals surface area contributed by atoms with Crippen molar-refractivity contribution in [3.8, 4) is 0 Å². The molecule has 1 rings (SSSR count). The number of hydrogen-bond donors (Lipinski definition) is 2. The lowest BCUT2D eigenvalue weighted by atomic mass is 9.94. The van der Waals surface area contributed by atoms with Gasteiger partial charge in [-0.2, -0.15) is 0 Å². The van der Waals surface area contributed by atoms with E-state index in [2.05, 4.69) is 35.8 Å². The van der Waals surface area contributed by atoms with Crippen LogP contribution in [0.4, 0.5) is 0 Å². The molecule has 0 amide bonds. The molecule has 2 N–H and O–H groups in total. The molecule has 1 aromatic heterocycles. The number of nitrogens with one attached hydrogen (secondary N) is 1.